The Bertz CT molecular complexity index is 615. The van der Waals surface area contributed by atoms with E-state index in [9.17, 15) is 8.78 Å². The molecule has 0 radical (unpaired) electrons. The van der Waals surface area contributed by atoms with Crippen molar-refractivity contribution < 1.29 is 13.5 Å². The first kappa shape index (κ1) is 25.8. The molecule has 1 fully saturated rings. The number of para-hydroxylation sites is 1. The molecule has 1 aromatic carbocycles. The van der Waals surface area contributed by atoms with Crippen molar-refractivity contribution in [3.8, 4) is 0 Å². The molecule has 6 nitrogen and oxygen atoms in total. The van der Waals surface area contributed by atoms with Crippen molar-refractivity contribution in [2.75, 3.05) is 64.9 Å². The summed E-state index contributed by atoms with van der Waals surface area (Å²) in [6.45, 7) is 7.24. The summed E-state index contributed by atoms with van der Waals surface area (Å²) in [6.07, 6.45) is 1.76. The van der Waals surface area contributed by atoms with Crippen LogP contribution in [0.5, 0.6) is 0 Å². The van der Waals surface area contributed by atoms with E-state index in [1.54, 1.807) is 12.0 Å². The zero-order chi connectivity index (χ0) is 20.4. The molecule has 0 saturated carbocycles. The third kappa shape index (κ3) is 8.59. The van der Waals surface area contributed by atoms with Crippen molar-refractivity contribution in [3.63, 3.8) is 0 Å². The van der Waals surface area contributed by atoms with E-state index in [4.69, 9.17) is 4.74 Å². The van der Waals surface area contributed by atoms with Crippen molar-refractivity contribution in [1.29, 1.82) is 0 Å². The minimum Gasteiger partial charge on any atom is -0.383 e. The van der Waals surface area contributed by atoms with E-state index >= 15 is 0 Å². The van der Waals surface area contributed by atoms with Crippen LogP contribution in [0.3, 0.4) is 0 Å². The predicted octanol–water partition coefficient (Wildman–Crippen LogP) is 2.68. The molecule has 1 saturated heterocycles. The number of ether oxygens (including phenoxy) is 1. The van der Waals surface area contributed by atoms with Gasteiger partial charge in [-0.05, 0) is 45.5 Å². The fraction of sp³-hybridized carbons (Fsp3) is 0.650. The van der Waals surface area contributed by atoms with Crippen molar-refractivity contribution in [2.24, 2.45) is 4.99 Å². The number of aliphatic imine (C=N–C) groups is 1. The average molecular weight is 525 g/mol. The number of anilines is 1. The van der Waals surface area contributed by atoms with Crippen molar-refractivity contribution >= 4 is 35.6 Å². The van der Waals surface area contributed by atoms with Gasteiger partial charge in [-0.15, -0.1) is 24.0 Å². The molecule has 1 aliphatic rings. The summed E-state index contributed by atoms with van der Waals surface area (Å²) in [4.78, 5) is 8.61. The van der Waals surface area contributed by atoms with Crippen molar-refractivity contribution in [2.45, 2.75) is 25.8 Å². The zero-order valence-electron chi connectivity index (χ0n) is 17.6. The number of nitrogens with one attached hydrogen (secondary N) is 2. The van der Waals surface area contributed by atoms with Gasteiger partial charge in [0, 0.05) is 45.9 Å². The average Bonchev–Trinajstić information content (AvgIpc) is 3.11. The van der Waals surface area contributed by atoms with Crippen LogP contribution < -0.4 is 15.5 Å². The quantitative estimate of drug-likeness (QED) is 0.213. The molecular formula is C20H34F2IN5O. The van der Waals surface area contributed by atoms with Gasteiger partial charge in [-0.3, -0.25) is 4.99 Å². The number of guanidine groups is 1. The second-order valence-electron chi connectivity index (χ2n) is 7.06. The molecule has 0 spiro atoms. The molecule has 1 aromatic rings. The van der Waals surface area contributed by atoms with Crippen LogP contribution in [0.15, 0.2) is 23.2 Å². The molecule has 9 heteroatoms. The van der Waals surface area contributed by atoms with Crippen LogP contribution in [0.2, 0.25) is 0 Å². The Morgan fingerprint density at radius 3 is 2.69 bits per heavy atom. The van der Waals surface area contributed by atoms with Crippen LogP contribution in [0.4, 0.5) is 14.5 Å². The molecule has 0 aromatic heterocycles. The second-order valence-corrected chi connectivity index (χ2v) is 7.06. The standard InChI is InChI=1S/C20H33F2N5O.HI/c1-4-23-20(24-10-6-11-26(2)13-14-28-3)25-16-9-12-27(15-16)19-17(21)7-5-8-18(19)22;/h5,7-8,16H,4,6,9-15H2,1-3H3,(H2,23,24,25);1H. The maximum atomic E-state index is 14.0. The number of hydrogen-bond acceptors (Lipinski definition) is 4. The lowest BCUT2D eigenvalue weighted by molar-refractivity contribution is 0.161. The van der Waals surface area contributed by atoms with Gasteiger partial charge in [0.1, 0.15) is 17.3 Å². The number of nitrogens with zero attached hydrogens (tertiary/aromatic N) is 3. The Kier molecular flexibility index (Phi) is 12.4. The summed E-state index contributed by atoms with van der Waals surface area (Å²) in [5, 5.41) is 6.64. The molecule has 1 atom stereocenters. The minimum absolute atomic E-state index is 0. The molecule has 1 unspecified atom stereocenters. The molecule has 2 rings (SSSR count). The molecule has 0 aliphatic carbocycles. The van der Waals surface area contributed by atoms with Crippen molar-refractivity contribution in [3.05, 3.63) is 29.8 Å². The van der Waals surface area contributed by atoms with Crippen molar-refractivity contribution in [1.82, 2.24) is 15.5 Å². The van der Waals surface area contributed by atoms with E-state index in [0.29, 0.717) is 19.6 Å². The minimum atomic E-state index is -0.515. The smallest absolute Gasteiger partial charge is 0.191 e. The van der Waals surface area contributed by atoms with Gasteiger partial charge >= 0.3 is 0 Å². The molecule has 2 N–H and O–H groups in total. The molecule has 0 bridgehead atoms. The van der Waals surface area contributed by atoms with Crippen LogP contribution in [0.1, 0.15) is 19.8 Å². The maximum absolute atomic E-state index is 14.0. The van der Waals surface area contributed by atoms with Crippen LogP contribution >= 0.6 is 24.0 Å². The lowest BCUT2D eigenvalue weighted by Gasteiger charge is -2.21. The van der Waals surface area contributed by atoms with Gasteiger partial charge in [0.2, 0.25) is 0 Å². The van der Waals surface area contributed by atoms with Gasteiger partial charge in [0.15, 0.2) is 5.96 Å². The highest BCUT2D eigenvalue weighted by molar-refractivity contribution is 14.0. The number of rotatable bonds is 10. The number of methoxy groups -OCH3 is 1. The lowest BCUT2D eigenvalue weighted by atomic mass is 10.2. The highest BCUT2D eigenvalue weighted by atomic mass is 127. The van der Waals surface area contributed by atoms with Gasteiger partial charge in [-0.1, -0.05) is 6.07 Å². The Labute approximate surface area is 190 Å². The summed E-state index contributed by atoms with van der Waals surface area (Å²) in [7, 11) is 3.78. The summed E-state index contributed by atoms with van der Waals surface area (Å²) < 4.78 is 33.1. The third-order valence-electron chi connectivity index (χ3n) is 4.77. The van der Waals surface area contributed by atoms with E-state index in [-0.39, 0.29) is 35.7 Å². The number of hydrogen-bond donors (Lipinski definition) is 2. The number of likely N-dealkylation sites (N-methyl/N-ethyl adjacent to an activating group) is 1. The highest BCUT2D eigenvalue weighted by Crippen LogP contribution is 2.26. The van der Waals surface area contributed by atoms with Gasteiger partial charge in [0.25, 0.3) is 0 Å². The Hall–Kier alpha value is -1.20. The molecule has 166 valence electrons. The SMILES string of the molecule is CCNC(=NCCCN(C)CCOC)NC1CCN(c2c(F)cccc2F)C1.I. The normalized spacial score (nSPS) is 16.8. The Balaban J connectivity index is 0.00000420. The molecule has 29 heavy (non-hydrogen) atoms. The first-order valence-corrected chi connectivity index (χ1v) is 9.96. The van der Waals surface area contributed by atoms with E-state index in [0.717, 1.165) is 45.0 Å². The van der Waals surface area contributed by atoms with Gasteiger partial charge in [-0.25, -0.2) is 8.78 Å². The second kappa shape index (κ2) is 13.9. The van der Waals surface area contributed by atoms with E-state index in [2.05, 4.69) is 27.6 Å². The topological polar surface area (TPSA) is 52.1 Å². The Morgan fingerprint density at radius 2 is 2.03 bits per heavy atom. The van der Waals surface area contributed by atoms with Gasteiger partial charge in [-0.2, -0.15) is 0 Å². The summed E-state index contributed by atoms with van der Waals surface area (Å²) in [5.41, 5.74) is 0.0628. The molecule has 1 aliphatic heterocycles. The van der Waals surface area contributed by atoms with Gasteiger partial charge < -0.3 is 25.2 Å². The Morgan fingerprint density at radius 1 is 1.31 bits per heavy atom. The van der Waals surface area contributed by atoms with Crippen LogP contribution in [-0.2, 0) is 4.74 Å². The molecule has 1 heterocycles. The molecule has 0 amide bonds. The number of benzene rings is 1. The highest BCUT2D eigenvalue weighted by Gasteiger charge is 2.27. The first-order chi connectivity index (χ1) is 13.5. The lowest BCUT2D eigenvalue weighted by Crippen LogP contribution is -2.44. The monoisotopic (exact) mass is 525 g/mol. The predicted molar refractivity (Wildman–Crippen MR) is 125 cm³/mol. The van der Waals surface area contributed by atoms with E-state index < -0.39 is 11.6 Å². The third-order valence-corrected chi connectivity index (χ3v) is 4.77. The van der Waals surface area contributed by atoms with Crippen LogP contribution in [0.25, 0.3) is 0 Å². The van der Waals surface area contributed by atoms with E-state index in [1.807, 2.05) is 6.92 Å². The van der Waals surface area contributed by atoms with Gasteiger partial charge in [0.05, 0.1) is 6.61 Å². The largest absolute Gasteiger partial charge is 0.383 e. The van der Waals surface area contributed by atoms with E-state index in [1.165, 1.54) is 18.2 Å². The number of halogens is 3. The van der Waals surface area contributed by atoms with Crippen LogP contribution in [-0.4, -0.2) is 76.9 Å². The van der Waals surface area contributed by atoms with Crippen LogP contribution in [0, 0.1) is 11.6 Å². The first-order valence-electron chi connectivity index (χ1n) is 9.96. The maximum Gasteiger partial charge on any atom is 0.191 e. The summed E-state index contributed by atoms with van der Waals surface area (Å²) >= 11 is 0. The summed E-state index contributed by atoms with van der Waals surface area (Å²) in [5.74, 6) is -0.277. The summed E-state index contributed by atoms with van der Waals surface area (Å²) in [6, 6.07) is 4.09. The fourth-order valence-electron chi connectivity index (χ4n) is 3.28. The molecular weight excluding hydrogens is 491 g/mol. The zero-order valence-corrected chi connectivity index (χ0v) is 19.9. The fourth-order valence-corrected chi connectivity index (χ4v) is 3.28.